The zero-order valence-electron chi connectivity index (χ0n) is 13.7. The number of nitrogens with zero attached hydrogens (tertiary/aromatic N) is 2. The van der Waals surface area contributed by atoms with E-state index < -0.39 is 4.92 Å². The second-order valence-corrected chi connectivity index (χ2v) is 5.21. The molecule has 0 saturated carbocycles. The Bertz CT molecular complexity index is 494. The Balaban J connectivity index is 0.00000484. The van der Waals surface area contributed by atoms with Crippen LogP contribution in [0.4, 0.5) is 5.69 Å². The minimum absolute atomic E-state index is 0. The first kappa shape index (κ1) is 21.3. The molecule has 0 spiro atoms. The highest BCUT2D eigenvalue weighted by atomic mass is 35.5. The Morgan fingerprint density at radius 3 is 2.43 bits per heavy atom. The number of rotatable bonds is 9. The summed E-state index contributed by atoms with van der Waals surface area (Å²) in [7, 11) is 1.61. The fourth-order valence-electron chi connectivity index (χ4n) is 1.95. The summed E-state index contributed by atoms with van der Waals surface area (Å²) in [5, 5.41) is 13.7. The van der Waals surface area contributed by atoms with Crippen molar-refractivity contribution < 1.29 is 14.5 Å². The van der Waals surface area contributed by atoms with Crippen LogP contribution in [0.5, 0.6) is 0 Å². The second kappa shape index (κ2) is 10.9. The van der Waals surface area contributed by atoms with Crippen molar-refractivity contribution in [3.63, 3.8) is 0 Å². The molecule has 7 nitrogen and oxygen atoms in total. The number of halogens is 1. The Morgan fingerprint density at radius 2 is 1.96 bits per heavy atom. The molecule has 1 rings (SSSR count). The molecule has 130 valence electrons. The molecule has 8 heteroatoms. The number of hydrogen-bond donors (Lipinski definition) is 1. The van der Waals surface area contributed by atoms with Crippen molar-refractivity contribution in [2.45, 2.75) is 26.4 Å². The average molecular weight is 346 g/mol. The van der Waals surface area contributed by atoms with Gasteiger partial charge in [0, 0.05) is 38.4 Å². The molecule has 0 aliphatic heterocycles. The highest BCUT2D eigenvalue weighted by Gasteiger charge is 2.17. The SMILES string of the molecule is COCCNCC(=O)N(Cc1ccc([N+](=O)[O-])cc1)C(C)C.Cl. The van der Waals surface area contributed by atoms with Gasteiger partial charge in [-0.15, -0.1) is 12.4 Å². The maximum atomic E-state index is 12.2. The molecule has 0 fully saturated rings. The predicted octanol–water partition coefficient (Wildman–Crippen LogP) is 1.99. The molecule has 0 bridgehead atoms. The molecule has 0 radical (unpaired) electrons. The van der Waals surface area contributed by atoms with Gasteiger partial charge in [0.05, 0.1) is 18.1 Å². The van der Waals surface area contributed by atoms with Crippen LogP contribution in [0, 0.1) is 10.1 Å². The van der Waals surface area contributed by atoms with Crippen LogP contribution in [0.3, 0.4) is 0 Å². The van der Waals surface area contributed by atoms with Gasteiger partial charge in [-0.25, -0.2) is 0 Å². The number of methoxy groups -OCH3 is 1. The quantitative estimate of drug-likeness (QED) is 0.420. The monoisotopic (exact) mass is 345 g/mol. The first-order valence-corrected chi connectivity index (χ1v) is 7.18. The first-order valence-electron chi connectivity index (χ1n) is 7.18. The third-order valence-corrected chi connectivity index (χ3v) is 3.20. The van der Waals surface area contributed by atoms with Gasteiger partial charge in [0.1, 0.15) is 0 Å². The van der Waals surface area contributed by atoms with Crippen LogP contribution in [0.25, 0.3) is 0 Å². The summed E-state index contributed by atoms with van der Waals surface area (Å²) in [5.74, 6) is -0.00976. The van der Waals surface area contributed by atoms with Gasteiger partial charge < -0.3 is 15.0 Å². The molecule has 0 saturated heterocycles. The van der Waals surface area contributed by atoms with Crippen molar-refractivity contribution >= 4 is 24.0 Å². The minimum atomic E-state index is -0.436. The molecule has 0 aliphatic carbocycles. The minimum Gasteiger partial charge on any atom is -0.383 e. The van der Waals surface area contributed by atoms with E-state index in [1.54, 1.807) is 24.1 Å². The second-order valence-electron chi connectivity index (χ2n) is 5.21. The van der Waals surface area contributed by atoms with E-state index >= 15 is 0 Å². The molecule has 0 atom stereocenters. The fraction of sp³-hybridized carbons (Fsp3) is 0.533. The summed E-state index contributed by atoms with van der Waals surface area (Å²) in [5.41, 5.74) is 0.914. The number of non-ortho nitro benzene ring substituents is 1. The van der Waals surface area contributed by atoms with E-state index in [4.69, 9.17) is 4.74 Å². The zero-order valence-corrected chi connectivity index (χ0v) is 14.5. The largest absolute Gasteiger partial charge is 0.383 e. The summed E-state index contributed by atoms with van der Waals surface area (Å²) in [4.78, 5) is 24.2. The molecule has 0 aliphatic rings. The van der Waals surface area contributed by atoms with E-state index in [1.165, 1.54) is 12.1 Å². The Morgan fingerprint density at radius 1 is 1.35 bits per heavy atom. The lowest BCUT2D eigenvalue weighted by Gasteiger charge is -2.27. The number of nitrogens with one attached hydrogen (secondary N) is 1. The number of hydrogen-bond acceptors (Lipinski definition) is 5. The highest BCUT2D eigenvalue weighted by molar-refractivity contribution is 5.85. The molecule has 0 heterocycles. The van der Waals surface area contributed by atoms with Gasteiger partial charge in [0.15, 0.2) is 0 Å². The Hall–Kier alpha value is -1.70. The van der Waals surface area contributed by atoms with Crippen molar-refractivity contribution in [2.75, 3.05) is 26.8 Å². The molecule has 23 heavy (non-hydrogen) atoms. The van der Waals surface area contributed by atoms with Crippen LogP contribution < -0.4 is 5.32 Å². The maximum Gasteiger partial charge on any atom is 0.269 e. The number of nitro groups is 1. The van der Waals surface area contributed by atoms with E-state index in [9.17, 15) is 14.9 Å². The highest BCUT2D eigenvalue weighted by Crippen LogP contribution is 2.14. The van der Waals surface area contributed by atoms with Crippen LogP contribution in [0.1, 0.15) is 19.4 Å². The van der Waals surface area contributed by atoms with Crippen LogP contribution in [-0.2, 0) is 16.1 Å². The van der Waals surface area contributed by atoms with Gasteiger partial charge >= 0.3 is 0 Å². The van der Waals surface area contributed by atoms with Gasteiger partial charge in [-0.2, -0.15) is 0 Å². The standard InChI is InChI=1S/C15H23N3O4.ClH/c1-12(2)17(15(19)10-16-8-9-22-3)11-13-4-6-14(7-5-13)18(20)21;/h4-7,12,16H,8-11H2,1-3H3;1H. The lowest BCUT2D eigenvalue weighted by molar-refractivity contribution is -0.384. The van der Waals surface area contributed by atoms with E-state index in [0.29, 0.717) is 19.7 Å². The maximum absolute atomic E-state index is 12.2. The topological polar surface area (TPSA) is 84.7 Å². The molecule has 1 N–H and O–H groups in total. The van der Waals surface area contributed by atoms with Crippen molar-refractivity contribution in [1.29, 1.82) is 0 Å². The van der Waals surface area contributed by atoms with Gasteiger partial charge in [0.2, 0.25) is 5.91 Å². The van der Waals surface area contributed by atoms with Gasteiger partial charge in [-0.05, 0) is 19.4 Å². The molecule has 0 unspecified atom stereocenters. The van der Waals surface area contributed by atoms with Crippen molar-refractivity contribution in [2.24, 2.45) is 0 Å². The number of benzene rings is 1. The normalized spacial score (nSPS) is 10.3. The van der Waals surface area contributed by atoms with Crippen molar-refractivity contribution in [3.8, 4) is 0 Å². The zero-order chi connectivity index (χ0) is 16.5. The van der Waals surface area contributed by atoms with E-state index in [2.05, 4.69) is 5.32 Å². The number of ether oxygens (including phenoxy) is 1. The summed E-state index contributed by atoms with van der Waals surface area (Å²) in [6.45, 7) is 5.73. The molecule has 1 aromatic rings. The predicted molar refractivity (Wildman–Crippen MR) is 90.8 cm³/mol. The van der Waals surface area contributed by atoms with Gasteiger partial charge in [-0.1, -0.05) is 12.1 Å². The van der Waals surface area contributed by atoms with Crippen molar-refractivity contribution in [1.82, 2.24) is 10.2 Å². The van der Waals surface area contributed by atoms with E-state index in [0.717, 1.165) is 5.56 Å². The number of nitro benzene ring substituents is 1. The number of carbonyl (C=O) groups excluding carboxylic acids is 1. The molecule has 1 amide bonds. The molecular formula is C15H24ClN3O4. The lowest BCUT2D eigenvalue weighted by atomic mass is 10.1. The lowest BCUT2D eigenvalue weighted by Crippen LogP contribution is -2.42. The van der Waals surface area contributed by atoms with Crippen LogP contribution in [-0.4, -0.2) is 48.6 Å². The third-order valence-electron chi connectivity index (χ3n) is 3.20. The number of amides is 1. The summed E-state index contributed by atoms with van der Waals surface area (Å²) in [6, 6.07) is 6.31. The first-order chi connectivity index (χ1) is 10.5. The third kappa shape index (κ3) is 7.40. The van der Waals surface area contributed by atoms with Gasteiger partial charge in [0.25, 0.3) is 5.69 Å². The molecule has 1 aromatic carbocycles. The number of carbonyl (C=O) groups is 1. The van der Waals surface area contributed by atoms with Crippen LogP contribution >= 0.6 is 12.4 Å². The average Bonchev–Trinajstić information content (AvgIpc) is 2.49. The Kier molecular flexibility index (Phi) is 10.1. The molecular weight excluding hydrogens is 322 g/mol. The van der Waals surface area contributed by atoms with Gasteiger partial charge in [-0.3, -0.25) is 14.9 Å². The Labute approximate surface area is 142 Å². The fourth-order valence-corrected chi connectivity index (χ4v) is 1.95. The summed E-state index contributed by atoms with van der Waals surface area (Å²) < 4.78 is 4.92. The van der Waals surface area contributed by atoms with Crippen molar-refractivity contribution in [3.05, 3.63) is 39.9 Å². The van der Waals surface area contributed by atoms with Crippen LogP contribution in [0.2, 0.25) is 0 Å². The van der Waals surface area contributed by atoms with Crippen LogP contribution in [0.15, 0.2) is 24.3 Å². The smallest absolute Gasteiger partial charge is 0.269 e. The summed E-state index contributed by atoms with van der Waals surface area (Å²) >= 11 is 0. The summed E-state index contributed by atoms with van der Waals surface area (Å²) in [6.07, 6.45) is 0. The van der Waals surface area contributed by atoms with E-state index in [-0.39, 0.29) is 36.6 Å². The molecule has 0 aromatic heterocycles. The van der Waals surface area contributed by atoms with E-state index in [1.807, 2.05) is 13.8 Å².